The van der Waals surface area contributed by atoms with Crippen LogP contribution in [0.2, 0.25) is 5.02 Å². The Labute approximate surface area is 210 Å². The summed E-state index contributed by atoms with van der Waals surface area (Å²) in [6.45, 7) is 3.70. The molecule has 7 nitrogen and oxygen atoms in total. The Balaban J connectivity index is 1.50. The molecule has 1 amide bonds. The van der Waals surface area contributed by atoms with Crippen molar-refractivity contribution in [3.63, 3.8) is 0 Å². The highest BCUT2D eigenvalue weighted by molar-refractivity contribution is 7.92. The zero-order chi connectivity index (χ0) is 25.0. The van der Waals surface area contributed by atoms with Gasteiger partial charge >= 0.3 is 0 Å². The summed E-state index contributed by atoms with van der Waals surface area (Å²) in [4.78, 5) is 17.1. The number of amides is 1. The maximum Gasteiger partial charge on any atom is 0.264 e. The van der Waals surface area contributed by atoms with E-state index >= 15 is 0 Å². The number of halogens is 1. The van der Waals surface area contributed by atoms with Crippen molar-refractivity contribution in [2.75, 3.05) is 10.8 Å². The minimum atomic E-state index is -4.00. The highest BCUT2D eigenvalue weighted by atomic mass is 35.5. The Morgan fingerprint density at radius 2 is 1.74 bits per heavy atom. The van der Waals surface area contributed by atoms with Crippen molar-refractivity contribution in [1.29, 1.82) is 0 Å². The number of carbonyl (C=O) groups is 1. The molecule has 1 N–H and O–H groups in total. The second-order valence-electron chi connectivity index (χ2n) is 8.09. The first kappa shape index (κ1) is 24.5. The molecule has 0 saturated carbocycles. The van der Waals surface area contributed by atoms with Gasteiger partial charge in [-0.25, -0.2) is 13.4 Å². The molecule has 1 heterocycles. The average Bonchev–Trinajstić information content (AvgIpc) is 3.27. The minimum absolute atomic E-state index is 0.0570. The normalized spacial score (nSPS) is 11.3. The maximum absolute atomic E-state index is 13.4. The highest BCUT2D eigenvalue weighted by Gasteiger charge is 2.27. The third-order valence-corrected chi connectivity index (χ3v) is 7.55. The molecule has 180 valence electrons. The molecular formula is C26H25ClN4O3S. The number of benzene rings is 3. The van der Waals surface area contributed by atoms with Gasteiger partial charge in [-0.15, -0.1) is 0 Å². The molecule has 4 rings (SSSR count). The van der Waals surface area contributed by atoms with Crippen LogP contribution in [0.1, 0.15) is 17.0 Å². The van der Waals surface area contributed by atoms with E-state index in [2.05, 4.69) is 10.3 Å². The molecule has 0 fully saturated rings. The average molecular weight is 509 g/mol. The third kappa shape index (κ3) is 5.72. The van der Waals surface area contributed by atoms with Gasteiger partial charge in [-0.05, 0) is 73.5 Å². The lowest BCUT2D eigenvalue weighted by atomic mass is 10.2. The van der Waals surface area contributed by atoms with Crippen molar-refractivity contribution in [1.82, 2.24) is 14.9 Å². The van der Waals surface area contributed by atoms with Gasteiger partial charge in [-0.2, -0.15) is 0 Å². The Hall–Kier alpha value is -3.62. The number of imidazole rings is 1. The summed E-state index contributed by atoms with van der Waals surface area (Å²) < 4.78 is 30.0. The van der Waals surface area contributed by atoms with Crippen LogP contribution in [0, 0.1) is 13.8 Å². The number of nitrogens with one attached hydrogen (secondary N) is 1. The van der Waals surface area contributed by atoms with Gasteiger partial charge in [0.05, 0.1) is 10.6 Å². The van der Waals surface area contributed by atoms with E-state index in [1.54, 1.807) is 24.4 Å². The van der Waals surface area contributed by atoms with E-state index in [9.17, 15) is 13.2 Å². The molecule has 0 atom stereocenters. The summed E-state index contributed by atoms with van der Waals surface area (Å²) in [5.41, 5.74) is 3.15. The molecule has 9 heteroatoms. The summed E-state index contributed by atoms with van der Waals surface area (Å²) >= 11 is 5.93. The number of hydrogen-bond acceptors (Lipinski definition) is 4. The maximum atomic E-state index is 13.4. The van der Waals surface area contributed by atoms with E-state index in [0.717, 1.165) is 26.9 Å². The van der Waals surface area contributed by atoms with Gasteiger partial charge in [0.15, 0.2) is 0 Å². The molecule has 0 unspecified atom stereocenters. The number of hydrogen-bond donors (Lipinski definition) is 1. The predicted octanol–water partition coefficient (Wildman–Crippen LogP) is 4.65. The Kier molecular flexibility index (Phi) is 7.23. The molecular weight excluding hydrogens is 484 g/mol. The van der Waals surface area contributed by atoms with Crippen LogP contribution in [0.3, 0.4) is 0 Å². The molecule has 0 spiro atoms. The highest BCUT2D eigenvalue weighted by Crippen LogP contribution is 2.25. The Bertz CT molecular complexity index is 1430. The van der Waals surface area contributed by atoms with E-state index in [1.165, 1.54) is 24.3 Å². The predicted molar refractivity (Wildman–Crippen MR) is 137 cm³/mol. The number of anilines is 1. The fourth-order valence-electron chi connectivity index (χ4n) is 3.64. The zero-order valence-corrected chi connectivity index (χ0v) is 20.9. The Morgan fingerprint density at radius 3 is 2.37 bits per heavy atom. The molecule has 3 aromatic carbocycles. The zero-order valence-electron chi connectivity index (χ0n) is 19.3. The number of aryl methyl sites for hydroxylation is 2. The topological polar surface area (TPSA) is 84.3 Å². The van der Waals surface area contributed by atoms with Crippen LogP contribution in [0.5, 0.6) is 0 Å². The second kappa shape index (κ2) is 10.3. The second-order valence-corrected chi connectivity index (χ2v) is 10.4. The van der Waals surface area contributed by atoms with Crippen LogP contribution < -0.4 is 9.62 Å². The smallest absolute Gasteiger partial charge is 0.264 e. The molecule has 1 aromatic heterocycles. The molecule has 0 radical (unpaired) electrons. The van der Waals surface area contributed by atoms with Gasteiger partial charge in [-0.3, -0.25) is 9.10 Å². The lowest BCUT2D eigenvalue weighted by Crippen LogP contribution is -2.40. The van der Waals surface area contributed by atoms with Gasteiger partial charge in [0.2, 0.25) is 5.91 Å². The number of aromatic nitrogens is 2. The van der Waals surface area contributed by atoms with Crippen molar-refractivity contribution in [2.24, 2.45) is 0 Å². The van der Waals surface area contributed by atoms with Crippen LogP contribution in [0.25, 0.3) is 5.69 Å². The van der Waals surface area contributed by atoms with Gasteiger partial charge in [0.1, 0.15) is 12.4 Å². The largest absolute Gasteiger partial charge is 0.350 e. The molecule has 0 saturated heterocycles. The molecule has 0 aliphatic carbocycles. The van der Waals surface area contributed by atoms with Crippen molar-refractivity contribution in [3.05, 3.63) is 107 Å². The van der Waals surface area contributed by atoms with Crippen LogP contribution >= 0.6 is 11.6 Å². The van der Waals surface area contributed by atoms with Crippen LogP contribution in [-0.2, 0) is 21.4 Å². The molecule has 0 aliphatic rings. The first-order valence-electron chi connectivity index (χ1n) is 10.9. The summed E-state index contributed by atoms with van der Waals surface area (Å²) in [7, 11) is -4.00. The standard InChI is InChI=1S/C26H25ClN4O3S/c1-19-4-3-5-24(16-19)31(35(33,34)25-12-8-22(27)9-13-25)18-26(32)29-17-21-6-10-23(11-7-21)30-15-14-28-20(30)2/h3-16H,17-18H2,1-2H3,(H,29,32). The number of carbonyl (C=O) groups excluding carboxylic acids is 1. The van der Waals surface area contributed by atoms with E-state index < -0.39 is 15.9 Å². The van der Waals surface area contributed by atoms with Crippen LogP contribution in [0.4, 0.5) is 5.69 Å². The van der Waals surface area contributed by atoms with Crippen LogP contribution in [0.15, 0.2) is 90.1 Å². The number of sulfonamides is 1. The van der Waals surface area contributed by atoms with Crippen molar-refractivity contribution in [3.8, 4) is 5.69 Å². The summed E-state index contributed by atoms with van der Waals surface area (Å²) in [6, 6.07) is 20.6. The SMILES string of the molecule is Cc1cccc(N(CC(=O)NCc2ccc(-n3ccnc3C)cc2)S(=O)(=O)c2ccc(Cl)cc2)c1. The fraction of sp³-hybridized carbons (Fsp3) is 0.154. The Morgan fingerprint density at radius 1 is 1.03 bits per heavy atom. The van der Waals surface area contributed by atoms with E-state index in [1.807, 2.05) is 54.9 Å². The first-order valence-corrected chi connectivity index (χ1v) is 12.8. The lowest BCUT2D eigenvalue weighted by molar-refractivity contribution is -0.119. The summed E-state index contributed by atoms with van der Waals surface area (Å²) in [5.74, 6) is 0.461. The van der Waals surface area contributed by atoms with Gasteiger partial charge in [0, 0.05) is 29.6 Å². The van der Waals surface area contributed by atoms with Crippen molar-refractivity contribution < 1.29 is 13.2 Å². The number of nitrogens with zero attached hydrogens (tertiary/aromatic N) is 3. The minimum Gasteiger partial charge on any atom is -0.350 e. The van der Waals surface area contributed by atoms with Crippen molar-refractivity contribution in [2.45, 2.75) is 25.3 Å². The van der Waals surface area contributed by atoms with E-state index in [-0.39, 0.29) is 18.0 Å². The van der Waals surface area contributed by atoms with E-state index in [0.29, 0.717) is 10.7 Å². The lowest BCUT2D eigenvalue weighted by Gasteiger charge is -2.24. The molecule has 35 heavy (non-hydrogen) atoms. The van der Waals surface area contributed by atoms with Gasteiger partial charge in [0.25, 0.3) is 10.0 Å². The van der Waals surface area contributed by atoms with Gasteiger partial charge < -0.3 is 9.88 Å². The quantitative estimate of drug-likeness (QED) is 0.375. The first-order chi connectivity index (χ1) is 16.7. The summed E-state index contributed by atoms with van der Waals surface area (Å²) in [5, 5.41) is 3.26. The van der Waals surface area contributed by atoms with E-state index in [4.69, 9.17) is 11.6 Å². The van der Waals surface area contributed by atoms with Crippen molar-refractivity contribution >= 4 is 33.2 Å². The third-order valence-electron chi connectivity index (χ3n) is 5.51. The molecule has 0 aliphatic heterocycles. The number of rotatable bonds is 8. The fourth-order valence-corrected chi connectivity index (χ4v) is 5.18. The molecule has 4 aromatic rings. The van der Waals surface area contributed by atoms with Gasteiger partial charge in [-0.1, -0.05) is 35.9 Å². The molecule has 0 bridgehead atoms. The van der Waals surface area contributed by atoms with Crippen LogP contribution in [-0.4, -0.2) is 30.4 Å². The monoisotopic (exact) mass is 508 g/mol. The summed E-state index contributed by atoms with van der Waals surface area (Å²) in [6.07, 6.45) is 3.62.